The summed E-state index contributed by atoms with van der Waals surface area (Å²) in [6, 6.07) is 13.9. The van der Waals surface area contributed by atoms with Gasteiger partial charge in [-0.25, -0.2) is 8.42 Å². The highest BCUT2D eigenvalue weighted by Crippen LogP contribution is 2.25. The Hall–Kier alpha value is -2.38. The number of para-hydroxylation sites is 2. The van der Waals surface area contributed by atoms with Gasteiger partial charge in [-0.3, -0.25) is 4.79 Å². The van der Waals surface area contributed by atoms with Gasteiger partial charge in [0.25, 0.3) is 5.91 Å². The number of carbonyl (C=O) groups is 1. The van der Waals surface area contributed by atoms with Crippen molar-refractivity contribution < 1.29 is 13.2 Å². The summed E-state index contributed by atoms with van der Waals surface area (Å²) in [5.74, 6) is -0.455. The SMILES string of the molecule is CCc1ccccc1NC(=O)C1Nc2ccccc2S(=O)(=O)N1. The molecule has 0 radical (unpaired) electrons. The second-order valence-electron chi connectivity index (χ2n) is 5.19. The zero-order chi connectivity index (χ0) is 16.4. The lowest BCUT2D eigenvalue weighted by atomic mass is 10.1. The summed E-state index contributed by atoms with van der Waals surface area (Å²) in [4.78, 5) is 12.6. The first-order valence-electron chi connectivity index (χ1n) is 7.28. The lowest BCUT2D eigenvalue weighted by Crippen LogP contribution is -2.51. The first-order chi connectivity index (χ1) is 11.0. The van der Waals surface area contributed by atoms with Gasteiger partial charge in [0, 0.05) is 5.69 Å². The zero-order valence-electron chi connectivity index (χ0n) is 12.5. The van der Waals surface area contributed by atoms with Gasteiger partial charge in [0.05, 0.1) is 5.69 Å². The monoisotopic (exact) mass is 331 g/mol. The Morgan fingerprint density at radius 1 is 1.13 bits per heavy atom. The summed E-state index contributed by atoms with van der Waals surface area (Å²) in [5.41, 5.74) is 2.08. The highest BCUT2D eigenvalue weighted by molar-refractivity contribution is 7.89. The molecule has 6 nitrogen and oxygen atoms in total. The van der Waals surface area contributed by atoms with Gasteiger partial charge in [0.15, 0.2) is 6.17 Å². The fourth-order valence-corrected chi connectivity index (χ4v) is 3.78. The van der Waals surface area contributed by atoms with Crippen molar-refractivity contribution in [2.45, 2.75) is 24.4 Å². The van der Waals surface area contributed by atoms with E-state index in [2.05, 4.69) is 15.4 Å². The van der Waals surface area contributed by atoms with E-state index in [1.54, 1.807) is 24.3 Å². The summed E-state index contributed by atoms with van der Waals surface area (Å²) >= 11 is 0. The second-order valence-corrected chi connectivity index (χ2v) is 6.88. The number of hydrogen-bond acceptors (Lipinski definition) is 4. The fraction of sp³-hybridized carbons (Fsp3) is 0.188. The molecule has 0 aliphatic carbocycles. The van der Waals surface area contributed by atoms with Gasteiger partial charge in [0.2, 0.25) is 10.0 Å². The first-order valence-corrected chi connectivity index (χ1v) is 8.76. The van der Waals surface area contributed by atoms with Crippen LogP contribution in [0.1, 0.15) is 12.5 Å². The molecule has 0 bridgehead atoms. The number of amides is 1. The lowest BCUT2D eigenvalue weighted by Gasteiger charge is -2.27. The maximum Gasteiger partial charge on any atom is 0.262 e. The molecule has 23 heavy (non-hydrogen) atoms. The van der Waals surface area contributed by atoms with E-state index in [4.69, 9.17) is 0 Å². The molecule has 1 unspecified atom stereocenters. The average Bonchev–Trinajstić information content (AvgIpc) is 2.54. The molecule has 2 aromatic carbocycles. The topological polar surface area (TPSA) is 87.3 Å². The van der Waals surface area contributed by atoms with E-state index in [-0.39, 0.29) is 4.90 Å². The quantitative estimate of drug-likeness (QED) is 0.802. The number of fused-ring (bicyclic) bond motifs is 1. The van der Waals surface area contributed by atoms with Gasteiger partial charge < -0.3 is 10.6 Å². The van der Waals surface area contributed by atoms with Crippen molar-refractivity contribution in [3.63, 3.8) is 0 Å². The normalized spacial score (nSPS) is 18.6. The van der Waals surface area contributed by atoms with Crippen LogP contribution in [0.25, 0.3) is 0 Å². The molecule has 1 heterocycles. The number of carbonyl (C=O) groups excluding carboxylic acids is 1. The van der Waals surface area contributed by atoms with Crippen LogP contribution in [0.5, 0.6) is 0 Å². The van der Waals surface area contributed by atoms with E-state index in [9.17, 15) is 13.2 Å². The highest BCUT2D eigenvalue weighted by atomic mass is 32.2. The average molecular weight is 331 g/mol. The van der Waals surface area contributed by atoms with Crippen molar-refractivity contribution in [3.05, 3.63) is 54.1 Å². The molecule has 0 spiro atoms. The number of aryl methyl sites for hydroxylation is 1. The molecule has 120 valence electrons. The van der Waals surface area contributed by atoms with Gasteiger partial charge in [-0.1, -0.05) is 37.3 Å². The Kier molecular flexibility index (Phi) is 4.06. The van der Waals surface area contributed by atoms with Crippen molar-refractivity contribution >= 4 is 27.3 Å². The standard InChI is InChI=1S/C16H17N3O3S/c1-2-11-7-3-4-8-12(11)18-16(20)15-17-13-9-5-6-10-14(13)23(21,22)19-15/h3-10,15,17,19H,2H2,1H3,(H,18,20). The van der Waals surface area contributed by atoms with Crippen molar-refractivity contribution in [1.29, 1.82) is 0 Å². The second kappa shape index (κ2) is 6.02. The van der Waals surface area contributed by atoms with Crippen LogP contribution in [-0.2, 0) is 21.2 Å². The van der Waals surface area contributed by atoms with Crippen LogP contribution in [0.4, 0.5) is 11.4 Å². The summed E-state index contributed by atoms with van der Waals surface area (Å²) < 4.78 is 26.8. The Balaban J connectivity index is 1.85. The van der Waals surface area contributed by atoms with Gasteiger partial charge >= 0.3 is 0 Å². The fourth-order valence-electron chi connectivity index (χ4n) is 2.50. The molecule has 1 aliphatic heterocycles. The van der Waals surface area contributed by atoms with Crippen LogP contribution in [0.3, 0.4) is 0 Å². The Labute approximate surface area is 135 Å². The van der Waals surface area contributed by atoms with E-state index < -0.39 is 22.1 Å². The third-order valence-corrected chi connectivity index (χ3v) is 5.15. The minimum absolute atomic E-state index is 0.137. The zero-order valence-corrected chi connectivity index (χ0v) is 13.4. The molecule has 0 saturated heterocycles. The largest absolute Gasteiger partial charge is 0.360 e. The van der Waals surface area contributed by atoms with E-state index in [0.717, 1.165) is 12.0 Å². The van der Waals surface area contributed by atoms with Gasteiger partial charge in [-0.05, 0) is 30.2 Å². The van der Waals surface area contributed by atoms with E-state index in [1.807, 2.05) is 25.1 Å². The van der Waals surface area contributed by atoms with Crippen LogP contribution >= 0.6 is 0 Å². The molecule has 3 N–H and O–H groups in total. The molecule has 0 saturated carbocycles. The smallest absolute Gasteiger partial charge is 0.262 e. The van der Waals surface area contributed by atoms with Crippen LogP contribution < -0.4 is 15.4 Å². The van der Waals surface area contributed by atoms with Crippen molar-refractivity contribution in [2.24, 2.45) is 0 Å². The summed E-state index contributed by atoms with van der Waals surface area (Å²) in [6.07, 6.45) is -0.289. The summed E-state index contributed by atoms with van der Waals surface area (Å²) in [7, 11) is -3.72. The third-order valence-electron chi connectivity index (χ3n) is 3.67. The molecular formula is C16H17N3O3S. The van der Waals surface area contributed by atoms with Crippen molar-refractivity contribution in [3.8, 4) is 0 Å². The first kappa shape index (κ1) is 15.5. The van der Waals surface area contributed by atoms with Crippen molar-refractivity contribution in [1.82, 2.24) is 4.72 Å². The van der Waals surface area contributed by atoms with Gasteiger partial charge in [-0.2, -0.15) is 4.72 Å². The van der Waals surface area contributed by atoms with Gasteiger partial charge in [-0.15, -0.1) is 0 Å². The number of hydrogen-bond donors (Lipinski definition) is 3. The maximum atomic E-state index is 12.4. The number of sulfonamides is 1. The van der Waals surface area contributed by atoms with Crippen LogP contribution in [0.15, 0.2) is 53.4 Å². The molecule has 2 aromatic rings. The Morgan fingerprint density at radius 3 is 2.61 bits per heavy atom. The highest BCUT2D eigenvalue weighted by Gasteiger charge is 2.32. The third kappa shape index (κ3) is 3.06. The van der Waals surface area contributed by atoms with E-state index >= 15 is 0 Å². The molecule has 1 amide bonds. The maximum absolute atomic E-state index is 12.4. The number of benzene rings is 2. The van der Waals surface area contributed by atoms with E-state index in [1.165, 1.54) is 6.07 Å². The Morgan fingerprint density at radius 2 is 1.83 bits per heavy atom. The predicted octanol–water partition coefficient (Wildman–Crippen LogP) is 1.92. The van der Waals surface area contributed by atoms with Crippen LogP contribution in [0, 0.1) is 0 Å². The van der Waals surface area contributed by atoms with Crippen molar-refractivity contribution in [2.75, 3.05) is 10.6 Å². The predicted molar refractivity (Wildman–Crippen MR) is 88.6 cm³/mol. The molecule has 7 heteroatoms. The Bertz CT molecular complexity index is 849. The minimum atomic E-state index is -3.72. The minimum Gasteiger partial charge on any atom is -0.360 e. The number of nitrogens with one attached hydrogen (secondary N) is 3. The van der Waals surface area contributed by atoms with Gasteiger partial charge in [0.1, 0.15) is 4.90 Å². The summed E-state index contributed by atoms with van der Waals surface area (Å²) in [5, 5.41) is 5.68. The molecule has 1 atom stereocenters. The van der Waals surface area contributed by atoms with Crippen LogP contribution in [0.2, 0.25) is 0 Å². The summed E-state index contributed by atoms with van der Waals surface area (Å²) in [6.45, 7) is 1.99. The number of rotatable bonds is 3. The molecule has 0 aromatic heterocycles. The number of anilines is 2. The molecule has 3 rings (SSSR count). The van der Waals surface area contributed by atoms with E-state index in [0.29, 0.717) is 11.4 Å². The molecule has 0 fully saturated rings. The van der Waals surface area contributed by atoms with Crippen LogP contribution in [-0.4, -0.2) is 20.5 Å². The lowest BCUT2D eigenvalue weighted by molar-refractivity contribution is -0.117. The molecule has 1 aliphatic rings. The molecular weight excluding hydrogens is 314 g/mol.